The first kappa shape index (κ1) is 14.5. The third-order valence-electron chi connectivity index (χ3n) is 2.47. The second-order valence-corrected chi connectivity index (χ2v) is 5.03. The monoisotopic (exact) mass is 303 g/mol. The van der Waals surface area contributed by atoms with Crippen molar-refractivity contribution in [2.75, 3.05) is 5.32 Å². The minimum absolute atomic E-state index is 0.0659. The fraction of sp³-hybridized carbons (Fsp3) is 0.154. The van der Waals surface area contributed by atoms with Crippen LogP contribution in [-0.4, -0.2) is 5.91 Å². The van der Waals surface area contributed by atoms with Gasteiger partial charge in [-0.1, -0.05) is 6.07 Å². The van der Waals surface area contributed by atoms with Crippen LogP contribution in [0.25, 0.3) is 0 Å². The molecule has 20 heavy (non-hydrogen) atoms. The summed E-state index contributed by atoms with van der Waals surface area (Å²) in [6, 6.07) is 5.88. The molecule has 1 aromatic carbocycles. The van der Waals surface area contributed by atoms with Crippen molar-refractivity contribution in [3.05, 3.63) is 52.0 Å². The van der Waals surface area contributed by atoms with Crippen LogP contribution in [0, 0.1) is 5.82 Å². The molecule has 0 saturated carbocycles. The number of carbonyl (C=O) groups excluding carboxylic acids is 1. The van der Waals surface area contributed by atoms with E-state index in [0.717, 1.165) is 10.9 Å². The number of rotatable bonds is 3. The molecule has 2 aromatic rings. The van der Waals surface area contributed by atoms with Crippen molar-refractivity contribution < 1.29 is 22.4 Å². The SMILES string of the molecule is O=C(Cc1cccs1)Nc1ccc(F)c(C(F)(F)F)c1. The van der Waals surface area contributed by atoms with Crippen LogP contribution in [0.1, 0.15) is 10.4 Å². The summed E-state index contributed by atoms with van der Waals surface area (Å²) in [5.41, 5.74) is -1.48. The highest BCUT2D eigenvalue weighted by atomic mass is 32.1. The number of hydrogen-bond donors (Lipinski definition) is 1. The smallest absolute Gasteiger partial charge is 0.326 e. The average Bonchev–Trinajstić information content (AvgIpc) is 2.83. The summed E-state index contributed by atoms with van der Waals surface area (Å²) in [5, 5.41) is 4.11. The molecule has 1 heterocycles. The van der Waals surface area contributed by atoms with E-state index in [4.69, 9.17) is 0 Å². The highest BCUT2D eigenvalue weighted by molar-refractivity contribution is 7.10. The first-order valence-corrected chi connectivity index (χ1v) is 6.43. The van der Waals surface area contributed by atoms with Gasteiger partial charge >= 0.3 is 6.18 Å². The molecule has 0 aliphatic carbocycles. The number of thiophene rings is 1. The second-order valence-electron chi connectivity index (χ2n) is 4.00. The molecule has 0 aliphatic rings. The summed E-state index contributed by atoms with van der Waals surface area (Å²) in [4.78, 5) is 12.4. The van der Waals surface area contributed by atoms with Gasteiger partial charge in [-0.3, -0.25) is 4.79 Å². The molecule has 0 unspecified atom stereocenters. The Labute approximate surface area is 116 Å². The van der Waals surface area contributed by atoms with Gasteiger partial charge in [-0.25, -0.2) is 4.39 Å². The third-order valence-corrected chi connectivity index (χ3v) is 3.35. The van der Waals surface area contributed by atoms with Crippen LogP contribution in [0.5, 0.6) is 0 Å². The van der Waals surface area contributed by atoms with E-state index in [1.54, 1.807) is 17.5 Å². The summed E-state index contributed by atoms with van der Waals surface area (Å²) in [5.74, 6) is -1.82. The van der Waals surface area contributed by atoms with Crippen molar-refractivity contribution in [2.45, 2.75) is 12.6 Å². The van der Waals surface area contributed by atoms with E-state index in [2.05, 4.69) is 5.32 Å². The second kappa shape index (κ2) is 5.62. The highest BCUT2D eigenvalue weighted by Gasteiger charge is 2.34. The van der Waals surface area contributed by atoms with Crippen molar-refractivity contribution in [2.24, 2.45) is 0 Å². The van der Waals surface area contributed by atoms with Gasteiger partial charge in [0.15, 0.2) is 0 Å². The maximum absolute atomic E-state index is 13.1. The summed E-state index contributed by atoms with van der Waals surface area (Å²) < 4.78 is 50.6. The highest BCUT2D eigenvalue weighted by Crippen LogP contribution is 2.33. The Bertz CT molecular complexity index is 607. The predicted octanol–water partition coefficient (Wildman–Crippen LogP) is 4.09. The molecule has 1 amide bonds. The lowest BCUT2D eigenvalue weighted by atomic mass is 10.1. The molecule has 1 aromatic heterocycles. The zero-order valence-electron chi connectivity index (χ0n) is 10.00. The summed E-state index contributed by atoms with van der Waals surface area (Å²) in [6.45, 7) is 0. The van der Waals surface area contributed by atoms with Crippen LogP contribution in [0.2, 0.25) is 0 Å². The molecule has 0 atom stereocenters. The van der Waals surface area contributed by atoms with Gasteiger partial charge in [-0.15, -0.1) is 11.3 Å². The number of halogens is 4. The average molecular weight is 303 g/mol. The Morgan fingerprint density at radius 1 is 1.25 bits per heavy atom. The molecule has 0 fully saturated rings. The van der Waals surface area contributed by atoms with Crippen LogP contribution >= 0.6 is 11.3 Å². The Morgan fingerprint density at radius 2 is 2.00 bits per heavy atom. The zero-order chi connectivity index (χ0) is 14.8. The van der Waals surface area contributed by atoms with Crippen LogP contribution in [-0.2, 0) is 17.4 Å². The predicted molar refractivity (Wildman–Crippen MR) is 68.1 cm³/mol. The van der Waals surface area contributed by atoms with E-state index in [1.807, 2.05) is 0 Å². The van der Waals surface area contributed by atoms with E-state index >= 15 is 0 Å². The minimum atomic E-state index is -4.79. The van der Waals surface area contributed by atoms with E-state index in [9.17, 15) is 22.4 Å². The quantitative estimate of drug-likeness (QED) is 0.850. The number of carbonyl (C=O) groups is 1. The molecule has 0 bridgehead atoms. The van der Waals surface area contributed by atoms with E-state index < -0.39 is 23.5 Å². The number of amides is 1. The fourth-order valence-electron chi connectivity index (χ4n) is 1.60. The lowest BCUT2D eigenvalue weighted by molar-refractivity contribution is -0.140. The van der Waals surface area contributed by atoms with Gasteiger partial charge in [-0.2, -0.15) is 13.2 Å². The van der Waals surface area contributed by atoms with Gasteiger partial charge in [0.25, 0.3) is 0 Å². The van der Waals surface area contributed by atoms with Crippen LogP contribution in [0.4, 0.5) is 23.2 Å². The van der Waals surface area contributed by atoms with Crippen LogP contribution in [0.15, 0.2) is 35.7 Å². The van der Waals surface area contributed by atoms with Gasteiger partial charge in [0.2, 0.25) is 5.91 Å². The van der Waals surface area contributed by atoms with Gasteiger partial charge in [0.05, 0.1) is 12.0 Å². The molecule has 2 nitrogen and oxygen atoms in total. The lowest BCUT2D eigenvalue weighted by Crippen LogP contribution is -2.15. The molecule has 1 N–H and O–H groups in total. The van der Waals surface area contributed by atoms with Gasteiger partial charge in [0, 0.05) is 10.6 Å². The molecule has 0 aliphatic heterocycles. The number of hydrogen-bond acceptors (Lipinski definition) is 2. The lowest BCUT2D eigenvalue weighted by Gasteiger charge is -2.10. The van der Waals surface area contributed by atoms with Crippen molar-refractivity contribution in [1.82, 2.24) is 0 Å². The normalized spacial score (nSPS) is 11.4. The topological polar surface area (TPSA) is 29.1 Å². The maximum Gasteiger partial charge on any atom is 0.419 e. The number of nitrogens with one attached hydrogen (secondary N) is 1. The Balaban J connectivity index is 2.12. The standard InChI is InChI=1S/C13H9F4NOS/c14-11-4-3-8(6-10(11)13(15,16)17)18-12(19)7-9-2-1-5-20-9/h1-6H,7H2,(H,18,19). The molecular formula is C13H9F4NOS. The molecule has 2 rings (SSSR count). The molecular weight excluding hydrogens is 294 g/mol. The molecule has 106 valence electrons. The Morgan fingerprint density at radius 3 is 2.60 bits per heavy atom. The third kappa shape index (κ3) is 3.57. The zero-order valence-corrected chi connectivity index (χ0v) is 10.8. The Hall–Kier alpha value is -1.89. The van der Waals surface area contributed by atoms with Crippen LogP contribution < -0.4 is 5.32 Å². The molecule has 0 spiro atoms. The number of anilines is 1. The van der Waals surface area contributed by atoms with E-state index in [1.165, 1.54) is 11.3 Å². The largest absolute Gasteiger partial charge is 0.419 e. The van der Waals surface area contributed by atoms with Crippen molar-refractivity contribution in [3.8, 4) is 0 Å². The first-order valence-electron chi connectivity index (χ1n) is 5.55. The van der Waals surface area contributed by atoms with E-state index in [0.29, 0.717) is 12.1 Å². The van der Waals surface area contributed by atoms with Crippen molar-refractivity contribution in [1.29, 1.82) is 0 Å². The molecule has 0 saturated heterocycles. The van der Waals surface area contributed by atoms with Crippen LogP contribution in [0.3, 0.4) is 0 Å². The van der Waals surface area contributed by atoms with Crippen molar-refractivity contribution in [3.63, 3.8) is 0 Å². The molecule has 7 heteroatoms. The summed E-state index contributed by atoms with van der Waals surface area (Å²) in [6.07, 6.45) is -4.73. The van der Waals surface area contributed by atoms with Gasteiger partial charge in [-0.05, 0) is 29.6 Å². The Kier molecular flexibility index (Phi) is 4.08. The fourth-order valence-corrected chi connectivity index (χ4v) is 2.30. The minimum Gasteiger partial charge on any atom is -0.326 e. The number of alkyl halides is 3. The summed E-state index contributed by atoms with van der Waals surface area (Å²) >= 11 is 1.37. The number of benzene rings is 1. The maximum atomic E-state index is 13.1. The summed E-state index contributed by atoms with van der Waals surface area (Å²) in [7, 11) is 0. The van der Waals surface area contributed by atoms with E-state index in [-0.39, 0.29) is 12.1 Å². The van der Waals surface area contributed by atoms with Gasteiger partial charge in [0.1, 0.15) is 5.82 Å². The molecule has 0 radical (unpaired) electrons. The van der Waals surface area contributed by atoms with Crippen molar-refractivity contribution >= 4 is 22.9 Å². The first-order chi connectivity index (χ1) is 9.36. The van der Waals surface area contributed by atoms with Gasteiger partial charge < -0.3 is 5.32 Å².